The minimum Gasteiger partial charge on any atom is -0.492 e. The lowest BCUT2D eigenvalue weighted by molar-refractivity contribution is -0.137. The number of halogens is 1. The Morgan fingerprint density at radius 2 is 1.81 bits per heavy atom. The number of carbonyl (C=O) groups excluding carboxylic acids is 1. The molecule has 1 rings (SSSR count). The van der Waals surface area contributed by atoms with Crippen LogP contribution in [0.3, 0.4) is 0 Å². The van der Waals surface area contributed by atoms with Crippen molar-refractivity contribution in [1.29, 1.82) is 0 Å². The zero-order valence-electron chi connectivity index (χ0n) is 12.0. The van der Waals surface area contributed by atoms with Crippen molar-refractivity contribution < 1.29 is 19.4 Å². The van der Waals surface area contributed by atoms with Crippen molar-refractivity contribution in [2.75, 3.05) is 20.2 Å². The molecule has 1 N–H and O–H groups in total. The SMILES string of the molecule is CN(CCOc1ccc(Cl)cc1)C(=O)CCCCC(=O)O. The second-order valence-corrected chi connectivity index (χ2v) is 5.15. The maximum absolute atomic E-state index is 11.8. The van der Waals surface area contributed by atoms with Crippen molar-refractivity contribution in [1.82, 2.24) is 4.90 Å². The second-order valence-electron chi connectivity index (χ2n) is 4.72. The second kappa shape index (κ2) is 9.23. The Kier molecular flexibility index (Phi) is 7.61. The molecule has 6 heteroatoms. The third-order valence-electron chi connectivity index (χ3n) is 2.97. The van der Waals surface area contributed by atoms with E-state index >= 15 is 0 Å². The van der Waals surface area contributed by atoms with Crippen LogP contribution < -0.4 is 4.74 Å². The highest BCUT2D eigenvalue weighted by Gasteiger charge is 2.08. The van der Waals surface area contributed by atoms with Crippen molar-refractivity contribution in [3.05, 3.63) is 29.3 Å². The molecule has 1 amide bonds. The molecule has 0 spiro atoms. The van der Waals surface area contributed by atoms with Gasteiger partial charge in [-0.3, -0.25) is 9.59 Å². The number of amides is 1. The van der Waals surface area contributed by atoms with Crippen LogP contribution >= 0.6 is 11.6 Å². The summed E-state index contributed by atoms with van der Waals surface area (Å²) in [5.41, 5.74) is 0. The smallest absolute Gasteiger partial charge is 0.303 e. The van der Waals surface area contributed by atoms with E-state index in [4.69, 9.17) is 21.4 Å². The molecule has 0 unspecified atom stereocenters. The number of carbonyl (C=O) groups is 2. The average Bonchev–Trinajstić information content (AvgIpc) is 2.45. The average molecular weight is 314 g/mol. The van der Waals surface area contributed by atoms with Crippen molar-refractivity contribution in [3.63, 3.8) is 0 Å². The van der Waals surface area contributed by atoms with Gasteiger partial charge in [0.2, 0.25) is 5.91 Å². The van der Waals surface area contributed by atoms with Crippen LogP contribution in [0.4, 0.5) is 0 Å². The van der Waals surface area contributed by atoms with E-state index in [-0.39, 0.29) is 12.3 Å². The lowest BCUT2D eigenvalue weighted by Gasteiger charge is -2.17. The summed E-state index contributed by atoms with van der Waals surface area (Å²) >= 11 is 5.77. The Balaban J connectivity index is 2.17. The molecule has 0 atom stereocenters. The van der Waals surface area contributed by atoms with Crippen LogP contribution in [0.1, 0.15) is 25.7 Å². The van der Waals surface area contributed by atoms with Gasteiger partial charge in [0.05, 0.1) is 6.54 Å². The molecule has 0 aliphatic carbocycles. The molecule has 0 aliphatic rings. The van der Waals surface area contributed by atoms with Crippen LogP contribution in [0.2, 0.25) is 5.02 Å². The van der Waals surface area contributed by atoms with E-state index in [0.29, 0.717) is 43.2 Å². The number of rotatable bonds is 9. The maximum Gasteiger partial charge on any atom is 0.303 e. The lowest BCUT2D eigenvalue weighted by atomic mass is 10.2. The summed E-state index contributed by atoms with van der Waals surface area (Å²) in [5.74, 6) is -0.117. The van der Waals surface area contributed by atoms with Crippen LogP contribution in [-0.4, -0.2) is 42.1 Å². The van der Waals surface area contributed by atoms with Gasteiger partial charge in [0, 0.05) is 24.9 Å². The number of nitrogens with zero attached hydrogens (tertiary/aromatic N) is 1. The van der Waals surface area contributed by atoms with Crippen LogP contribution in [0.25, 0.3) is 0 Å². The minimum atomic E-state index is -0.827. The highest BCUT2D eigenvalue weighted by atomic mass is 35.5. The van der Waals surface area contributed by atoms with Gasteiger partial charge in [0.1, 0.15) is 12.4 Å². The number of hydrogen-bond donors (Lipinski definition) is 1. The molecule has 0 radical (unpaired) electrons. The first-order valence-electron chi connectivity index (χ1n) is 6.83. The summed E-state index contributed by atoms with van der Waals surface area (Å²) in [4.78, 5) is 23.7. The molecular formula is C15H20ClNO4. The van der Waals surface area contributed by atoms with Crippen molar-refractivity contribution in [3.8, 4) is 5.75 Å². The number of benzene rings is 1. The summed E-state index contributed by atoms with van der Waals surface area (Å²) in [6.45, 7) is 0.888. The fourth-order valence-corrected chi connectivity index (χ4v) is 1.83. The molecule has 0 saturated carbocycles. The van der Waals surface area contributed by atoms with E-state index in [1.165, 1.54) is 0 Å². The molecule has 116 valence electrons. The van der Waals surface area contributed by atoms with Crippen molar-refractivity contribution >= 4 is 23.5 Å². The van der Waals surface area contributed by atoms with E-state index in [1.54, 1.807) is 36.2 Å². The zero-order chi connectivity index (χ0) is 15.7. The molecule has 0 heterocycles. The summed E-state index contributed by atoms with van der Waals surface area (Å²) in [7, 11) is 1.71. The van der Waals surface area contributed by atoms with Gasteiger partial charge < -0.3 is 14.7 Å². The molecule has 0 saturated heterocycles. The minimum absolute atomic E-state index is 0.0000879. The van der Waals surface area contributed by atoms with E-state index in [0.717, 1.165) is 0 Å². The van der Waals surface area contributed by atoms with Crippen LogP contribution in [0.15, 0.2) is 24.3 Å². The zero-order valence-corrected chi connectivity index (χ0v) is 12.8. The molecule has 5 nitrogen and oxygen atoms in total. The van der Waals surface area contributed by atoms with Gasteiger partial charge in [-0.25, -0.2) is 0 Å². The molecule has 0 bridgehead atoms. The Hall–Kier alpha value is -1.75. The number of carboxylic acid groups (broad SMARTS) is 1. The number of carboxylic acids is 1. The predicted octanol–water partition coefficient (Wildman–Crippen LogP) is 2.82. The Morgan fingerprint density at radius 3 is 2.43 bits per heavy atom. The van der Waals surface area contributed by atoms with E-state index in [2.05, 4.69) is 0 Å². The first kappa shape index (κ1) is 17.3. The van der Waals surface area contributed by atoms with Crippen molar-refractivity contribution in [2.45, 2.75) is 25.7 Å². The van der Waals surface area contributed by atoms with Gasteiger partial charge in [-0.2, -0.15) is 0 Å². The van der Waals surface area contributed by atoms with Gasteiger partial charge in [-0.1, -0.05) is 11.6 Å². The summed E-state index contributed by atoms with van der Waals surface area (Å²) in [5, 5.41) is 9.16. The molecule has 0 fully saturated rings. The largest absolute Gasteiger partial charge is 0.492 e. The highest BCUT2D eigenvalue weighted by Crippen LogP contribution is 2.15. The molecule has 0 aromatic heterocycles. The third kappa shape index (κ3) is 7.56. The van der Waals surface area contributed by atoms with Crippen molar-refractivity contribution in [2.24, 2.45) is 0 Å². The maximum atomic E-state index is 11.8. The normalized spacial score (nSPS) is 10.2. The lowest BCUT2D eigenvalue weighted by Crippen LogP contribution is -2.30. The topological polar surface area (TPSA) is 66.8 Å². The van der Waals surface area contributed by atoms with Gasteiger partial charge in [0.15, 0.2) is 0 Å². The first-order valence-corrected chi connectivity index (χ1v) is 7.21. The van der Waals surface area contributed by atoms with Gasteiger partial charge in [0.25, 0.3) is 0 Å². The highest BCUT2D eigenvalue weighted by molar-refractivity contribution is 6.30. The Morgan fingerprint density at radius 1 is 1.19 bits per heavy atom. The standard InChI is InChI=1S/C15H20ClNO4/c1-17(14(18)4-2-3-5-15(19)20)10-11-21-13-8-6-12(16)7-9-13/h6-9H,2-5,10-11H2,1H3,(H,19,20). The number of ether oxygens (including phenoxy) is 1. The van der Waals surface area contributed by atoms with Gasteiger partial charge >= 0.3 is 5.97 Å². The van der Waals surface area contributed by atoms with Gasteiger partial charge in [-0.15, -0.1) is 0 Å². The van der Waals surface area contributed by atoms with E-state index < -0.39 is 5.97 Å². The number of hydrogen-bond acceptors (Lipinski definition) is 3. The Bertz CT molecular complexity index is 461. The predicted molar refractivity (Wildman–Crippen MR) is 80.7 cm³/mol. The molecule has 1 aromatic carbocycles. The summed E-state index contributed by atoms with van der Waals surface area (Å²) in [6, 6.07) is 7.04. The summed E-state index contributed by atoms with van der Waals surface area (Å²) < 4.78 is 5.51. The molecule has 0 aliphatic heterocycles. The Labute approximate surface area is 129 Å². The third-order valence-corrected chi connectivity index (χ3v) is 3.22. The number of unbranched alkanes of at least 4 members (excludes halogenated alkanes) is 1. The monoisotopic (exact) mass is 313 g/mol. The van der Waals surface area contributed by atoms with E-state index in [1.807, 2.05) is 0 Å². The quantitative estimate of drug-likeness (QED) is 0.712. The van der Waals surface area contributed by atoms with Crippen LogP contribution in [0, 0.1) is 0 Å². The fourth-order valence-electron chi connectivity index (χ4n) is 1.70. The molecular weight excluding hydrogens is 294 g/mol. The fraction of sp³-hybridized carbons (Fsp3) is 0.467. The molecule has 1 aromatic rings. The summed E-state index contributed by atoms with van der Waals surface area (Å²) in [6.07, 6.45) is 1.59. The number of likely N-dealkylation sites (N-methyl/N-ethyl adjacent to an activating group) is 1. The van der Waals surface area contributed by atoms with Crippen LogP contribution in [-0.2, 0) is 9.59 Å². The number of aliphatic carboxylic acids is 1. The first-order chi connectivity index (χ1) is 9.99. The van der Waals surface area contributed by atoms with E-state index in [9.17, 15) is 9.59 Å². The van der Waals surface area contributed by atoms with Crippen LogP contribution in [0.5, 0.6) is 5.75 Å². The van der Waals surface area contributed by atoms with Gasteiger partial charge in [-0.05, 0) is 37.1 Å². The molecule has 21 heavy (non-hydrogen) atoms.